The molecule has 0 N–H and O–H groups in total. The topological polar surface area (TPSA) is 16.3 Å². The average molecular weight is 1320 g/mol. The van der Waals surface area contributed by atoms with Gasteiger partial charge in [0.2, 0.25) is 0 Å². The van der Waals surface area contributed by atoms with Crippen LogP contribution in [0.5, 0.6) is 0 Å². The molecule has 19 rings (SSSR count). The molecule has 1 aliphatic carbocycles. The van der Waals surface area contributed by atoms with E-state index in [2.05, 4.69) is 421 Å². The van der Waals surface area contributed by atoms with Crippen molar-refractivity contribution in [3.8, 4) is 67.0 Å². The van der Waals surface area contributed by atoms with Crippen LogP contribution in [0, 0.1) is 13.8 Å². The molecule has 4 nitrogen and oxygen atoms in total. The predicted molar refractivity (Wildman–Crippen MR) is 433 cm³/mol. The van der Waals surface area contributed by atoms with Crippen molar-refractivity contribution in [1.82, 2.24) is 9.13 Å². The fourth-order valence-corrected chi connectivity index (χ4v) is 16.7. The molecule has 0 radical (unpaired) electrons. The van der Waals surface area contributed by atoms with Gasteiger partial charge in [-0.15, -0.1) is 0 Å². The van der Waals surface area contributed by atoms with E-state index in [1.54, 1.807) is 0 Å². The molecule has 18 aromatic rings. The Balaban J connectivity index is 0.761. The summed E-state index contributed by atoms with van der Waals surface area (Å²) in [5, 5.41) is 5.04. The van der Waals surface area contributed by atoms with Crippen LogP contribution in [0.4, 0.5) is 34.1 Å². The first kappa shape index (κ1) is 60.9. The first-order valence-corrected chi connectivity index (χ1v) is 35.6. The standard InChI is InChI=1S/C99H70N4/c1-67-63-71(43-59-85(67)69-39-51-83(52-40-69)102-95-35-19-15-31-89(95)90-32-16-20-36-96(90)102)73-45-61-87-88-62-46-74(72-44-60-86(68(2)64-72)70-41-53-84(54-42-70)103-97-37-21-17-33-91(97)92-34-18-22-38-98(92)103)66-94(88)99(93(87)65-73,75-47-55-81(56-48-75)100(77-23-7-3-8-24-77)78-25-9-4-10-26-78)76-49-57-82(58-50-76)101(79-27-11-5-12-28-79)80-29-13-6-14-30-80/h3-66H,1-2H3. The maximum atomic E-state index is 2.51. The van der Waals surface area contributed by atoms with E-state index >= 15 is 0 Å². The lowest BCUT2D eigenvalue weighted by Gasteiger charge is -2.35. The first-order valence-electron chi connectivity index (χ1n) is 35.6. The minimum atomic E-state index is -0.803. The lowest BCUT2D eigenvalue weighted by Crippen LogP contribution is -2.29. The molecule has 0 saturated carbocycles. The Bertz CT molecular complexity index is 5640. The molecule has 0 bridgehead atoms. The lowest BCUT2D eigenvalue weighted by atomic mass is 9.67. The van der Waals surface area contributed by atoms with Gasteiger partial charge < -0.3 is 18.9 Å². The van der Waals surface area contributed by atoms with Crippen molar-refractivity contribution in [2.45, 2.75) is 19.3 Å². The van der Waals surface area contributed by atoms with Crippen LogP contribution >= 0.6 is 0 Å². The van der Waals surface area contributed by atoms with Gasteiger partial charge in [0.1, 0.15) is 0 Å². The van der Waals surface area contributed by atoms with Crippen LogP contribution in [0.15, 0.2) is 388 Å². The van der Waals surface area contributed by atoms with Gasteiger partial charge in [0.05, 0.1) is 27.5 Å². The van der Waals surface area contributed by atoms with E-state index < -0.39 is 5.41 Å². The fourth-order valence-electron chi connectivity index (χ4n) is 16.7. The summed E-state index contributed by atoms with van der Waals surface area (Å²) in [7, 11) is 0. The zero-order valence-corrected chi connectivity index (χ0v) is 57.2. The summed E-state index contributed by atoms with van der Waals surface area (Å²) < 4.78 is 4.78. The van der Waals surface area contributed by atoms with Crippen molar-refractivity contribution in [1.29, 1.82) is 0 Å². The van der Waals surface area contributed by atoms with Gasteiger partial charge in [-0.25, -0.2) is 0 Å². The molecule has 0 fully saturated rings. The Hall–Kier alpha value is -13.3. The molecule has 0 amide bonds. The van der Waals surface area contributed by atoms with Gasteiger partial charge in [-0.2, -0.15) is 0 Å². The van der Waals surface area contributed by atoms with Gasteiger partial charge in [0.25, 0.3) is 0 Å². The summed E-state index contributed by atoms with van der Waals surface area (Å²) in [6.07, 6.45) is 0. The summed E-state index contributed by atoms with van der Waals surface area (Å²) in [4.78, 5) is 4.72. The zero-order valence-electron chi connectivity index (χ0n) is 57.2. The highest BCUT2D eigenvalue weighted by Crippen LogP contribution is 2.59. The van der Waals surface area contributed by atoms with Crippen molar-refractivity contribution >= 4 is 77.7 Å². The van der Waals surface area contributed by atoms with Crippen LogP contribution in [0.1, 0.15) is 33.4 Å². The second-order valence-electron chi connectivity index (χ2n) is 27.3. The maximum Gasteiger partial charge on any atom is 0.0714 e. The number of benzene rings is 16. The molecule has 16 aromatic carbocycles. The molecular weight excluding hydrogens is 1250 g/mol. The highest BCUT2D eigenvalue weighted by molar-refractivity contribution is 6.10. The molecular formula is C99H70N4. The Labute approximate surface area is 600 Å². The number of fused-ring (bicyclic) bond motifs is 9. The van der Waals surface area contributed by atoms with E-state index in [-0.39, 0.29) is 0 Å². The number of hydrogen-bond donors (Lipinski definition) is 0. The number of anilines is 6. The van der Waals surface area contributed by atoms with Gasteiger partial charge in [-0.3, -0.25) is 0 Å². The lowest BCUT2D eigenvalue weighted by molar-refractivity contribution is 0.769. The van der Waals surface area contributed by atoms with Gasteiger partial charge >= 0.3 is 0 Å². The zero-order chi connectivity index (χ0) is 68.5. The van der Waals surface area contributed by atoms with Crippen molar-refractivity contribution in [2.24, 2.45) is 0 Å². The van der Waals surface area contributed by atoms with Crippen LogP contribution in [0.3, 0.4) is 0 Å². The number of hydrogen-bond acceptors (Lipinski definition) is 2. The molecule has 2 aromatic heterocycles. The number of rotatable bonds is 14. The van der Waals surface area contributed by atoms with Gasteiger partial charge in [0.15, 0.2) is 0 Å². The maximum absolute atomic E-state index is 2.51. The second kappa shape index (κ2) is 25.2. The van der Waals surface area contributed by atoms with Gasteiger partial charge in [-0.1, -0.05) is 255 Å². The van der Waals surface area contributed by atoms with Crippen LogP contribution in [0.25, 0.3) is 111 Å². The SMILES string of the molecule is Cc1cc(-c2ccc3c(c2)C(c2ccc(N(c4ccccc4)c4ccccc4)cc2)(c2ccc(N(c4ccccc4)c4ccccc4)cc2)c2cc(-c4ccc(-c5ccc(-n6c7ccccc7c7ccccc76)cc5)c(C)c4)ccc2-3)ccc1-c1ccc(-n2c3ccccc3c3ccccc32)cc1. The van der Waals surface area contributed by atoms with E-state index in [0.29, 0.717) is 0 Å². The Morgan fingerprint density at radius 1 is 0.214 bits per heavy atom. The summed E-state index contributed by atoms with van der Waals surface area (Å²) in [6.45, 7) is 4.52. The Morgan fingerprint density at radius 2 is 0.466 bits per heavy atom. The third-order valence-electron chi connectivity index (χ3n) is 21.5. The largest absolute Gasteiger partial charge is 0.311 e. The third-order valence-corrected chi connectivity index (χ3v) is 21.5. The highest BCUT2D eigenvalue weighted by atomic mass is 15.1. The highest BCUT2D eigenvalue weighted by Gasteiger charge is 2.47. The van der Waals surface area contributed by atoms with E-state index in [9.17, 15) is 0 Å². The van der Waals surface area contributed by atoms with Crippen LogP contribution in [0.2, 0.25) is 0 Å². The van der Waals surface area contributed by atoms with Crippen molar-refractivity contribution in [3.63, 3.8) is 0 Å². The average Bonchev–Trinajstić information content (AvgIpc) is 1.54. The Kier molecular flexibility index (Phi) is 14.9. The summed E-state index contributed by atoms with van der Waals surface area (Å²) in [5.74, 6) is 0. The molecule has 2 heterocycles. The van der Waals surface area contributed by atoms with Crippen LogP contribution < -0.4 is 9.80 Å². The number of aryl methyl sites for hydroxylation is 2. The molecule has 0 saturated heterocycles. The minimum Gasteiger partial charge on any atom is -0.311 e. The van der Waals surface area contributed by atoms with Crippen molar-refractivity contribution in [2.75, 3.05) is 9.80 Å². The summed E-state index contributed by atoms with van der Waals surface area (Å²) in [6, 6.07) is 144. The van der Waals surface area contributed by atoms with E-state index in [1.807, 2.05) is 0 Å². The monoisotopic (exact) mass is 1310 g/mol. The molecule has 486 valence electrons. The molecule has 1 aliphatic rings. The fraction of sp³-hybridized carbons (Fsp3) is 0.0303. The van der Waals surface area contributed by atoms with Crippen LogP contribution in [-0.2, 0) is 5.41 Å². The Morgan fingerprint density at radius 3 is 0.767 bits per heavy atom. The molecule has 4 heteroatoms. The minimum absolute atomic E-state index is 0.803. The number of nitrogens with zero attached hydrogens (tertiary/aromatic N) is 4. The second-order valence-corrected chi connectivity index (χ2v) is 27.3. The van der Waals surface area contributed by atoms with Gasteiger partial charge in [0, 0.05) is 67.0 Å². The number of para-hydroxylation sites is 8. The summed E-state index contributed by atoms with van der Waals surface area (Å²) in [5.41, 5.74) is 32.0. The van der Waals surface area contributed by atoms with Crippen molar-refractivity contribution in [3.05, 3.63) is 422 Å². The molecule has 103 heavy (non-hydrogen) atoms. The first-order chi connectivity index (χ1) is 50.9. The normalized spacial score (nSPS) is 12.3. The molecule has 0 unspecified atom stereocenters. The quantitative estimate of drug-likeness (QED) is 0.108. The third kappa shape index (κ3) is 10.3. The van der Waals surface area contributed by atoms with Gasteiger partial charge in [-0.05, 0) is 236 Å². The van der Waals surface area contributed by atoms with E-state index in [1.165, 1.54) is 122 Å². The van der Waals surface area contributed by atoms with E-state index in [0.717, 1.165) is 56.6 Å². The van der Waals surface area contributed by atoms with Crippen LogP contribution in [-0.4, -0.2) is 9.13 Å². The molecule has 0 spiro atoms. The molecule has 0 atom stereocenters. The van der Waals surface area contributed by atoms with Crippen molar-refractivity contribution < 1.29 is 0 Å². The summed E-state index contributed by atoms with van der Waals surface area (Å²) >= 11 is 0. The predicted octanol–water partition coefficient (Wildman–Crippen LogP) is 26.5. The number of aromatic nitrogens is 2. The van der Waals surface area contributed by atoms with E-state index in [4.69, 9.17) is 0 Å². The molecule has 0 aliphatic heterocycles. The smallest absolute Gasteiger partial charge is 0.0714 e.